The molecule has 6 heteroatoms. The average molecular weight is 373 g/mol. The maximum atomic E-state index is 12.9. The van der Waals surface area contributed by atoms with Crippen molar-refractivity contribution in [1.29, 1.82) is 0 Å². The molecule has 0 radical (unpaired) electrons. The number of anilines is 4. The van der Waals surface area contributed by atoms with Gasteiger partial charge in [0.15, 0.2) is 0 Å². The quantitative estimate of drug-likeness (QED) is 0.662. The van der Waals surface area contributed by atoms with Gasteiger partial charge in [0.05, 0.1) is 5.69 Å². The summed E-state index contributed by atoms with van der Waals surface area (Å²) in [6, 6.07) is 13.8. The Balaban J connectivity index is 1.78. The molecular weight excluding hydrogens is 359 g/mol. The van der Waals surface area contributed by atoms with Crippen LogP contribution in [0.1, 0.15) is 5.56 Å². The molecule has 1 aromatic heterocycles. The van der Waals surface area contributed by atoms with Gasteiger partial charge in [-0.15, -0.1) is 0 Å². The van der Waals surface area contributed by atoms with Crippen LogP contribution in [0.3, 0.4) is 0 Å². The molecule has 3 aromatic rings. The number of benzene rings is 2. The van der Waals surface area contributed by atoms with Gasteiger partial charge in [-0.05, 0) is 70.9 Å². The Morgan fingerprint density at radius 3 is 2.52 bits per heavy atom. The van der Waals surface area contributed by atoms with E-state index in [1.165, 1.54) is 12.1 Å². The molecular formula is C17H14BrFN4. The monoisotopic (exact) mass is 372 g/mol. The maximum absolute atomic E-state index is 12.9. The highest BCUT2D eigenvalue weighted by Gasteiger charge is 2.04. The van der Waals surface area contributed by atoms with Crippen molar-refractivity contribution in [3.05, 3.63) is 70.6 Å². The molecule has 0 fully saturated rings. The number of aromatic nitrogens is 2. The Morgan fingerprint density at radius 2 is 1.78 bits per heavy atom. The largest absolute Gasteiger partial charge is 0.340 e. The van der Waals surface area contributed by atoms with E-state index in [9.17, 15) is 4.39 Å². The summed E-state index contributed by atoms with van der Waals surface area (Å²) in [4.78, 5) is 8.61. The number of nitrogens with zero attached hydrogens (tertiary/aromatic N) is 2. The Morgan fingerprint density at radius 1 is 1.00 bits per heavy atom. The Labute approximate surface area is 141 Å². The molecule has 0 saturated carbocycles. The third-order valence-corrected chi connectivity index (χ3v) is 3.80. The summed E-state index contributed by atoms with van der Waals surface area (Å²) in [5.74, 6) is 0.823. The van der Waals surface area contributed by atoms with Gasteiger partial charge in [0.25, 0.3) is 0 Å². The van der Waals surface area contributed by atoms with E-state index in [0.29, 0.717) is 11.8 Å². The van der Waals surface area contributed by atoms with Gasteiger partial charge in [-0.25, -0.2) is 9.37 Å². The number of hydrogen-bond donors (Lipinski definition) is 2. The number of hydrogen-bond acceptors (Lipinski definition) is 4. The predicted octanol–water partition coefficient (Wildman–Crippen LogP) is 5.17. The molecule has 23 heavy (non-hydrogen) atoms. The van der Waals surface area contributed by atoms with Gasteiger partial charge in [-0.3, -0.25) is 0 Å². The molecule has 1 heterocycles. The first-order valence-corrected chi connectivity index (χ1v) is 7.78. The van der Waals surface area contributed by atoms with Gasteiger partial charge < -0.3 is 10.6 Å². The smallest absolute Gasteiger partial charge is 0.229 e. The molecule has 0 spiro atoms. The van der Waals surface area contributed by atoms with Crippen LogP contribution in [0.2, 0.25) is 0 Å². The highest BCUT2D eigenvalue weighted by molar-refractivity contribution is 9.10. The van der Waals surface area contributed by atoms with Crippen LogP contribution in [-0.4, -0.2) is 9.97 Å². The Bertz CT molecular complexity index is 821. The number of aryl methyl sites for hydroxylation is 1. The van der Waals surface area contributed by atoms with Crippen molar-refractivity contribution in [3.8, 4) is 0 Å². The van der Waals surface area contributed by atoms with Crippen molar-refractivity contribution in [3.63, 3.8) is 0 Å². The van der Waals surface area contributed by atoms with Crippen molar-refractivity contribution in [2.45, 2.75) is 6.92 Å². The lowest BCUT2D eigenvalue weighted by molar-refractivity contribution is 0.628. The summed E-state index contributed by atoms with van der Waals surface area (Å²) in [6.07, 6.45) is 1.66. The standard InChI is InChI=1S/C17H14BrFN4/c1-11-2-7-15(14(18)10-11)22-17-20-9-8-16(23-17)21-13-5-3-12(19)4-6-13/h2-10H,1H3,(H2,20,21,22,23). The molecule has 0 aliphatic carbocycles. The highest BCUT2D eigenvalue weighted by Crippen LogP contribution is 2.26. The van der Waals surface area contributed by atoms with E-state index >= 15 is 0 Å². The minimum absolute atomic E-state index is 0.273. The van der Waals surface area contributed by atoms with Crippen LogP contribution in [0.15, 0.2) is 59.2 Å². The molecule has 0 bridgehead atoms. The predicted molar refractivity (Wildman–Crippen MR) is 93.9 cm³/mol. The average Bonchev–Trinajstić information content (AvgIpc) is 2.53. The van der Waals surface area contributed by atoms with E-state index in [2.05, 4.69) is 36.5 Å². The first-order chi connectivity index (χ1) is 11.1. The van der Waals surface area contributed by atoms with E-state index in [-0.39, 0.29) is 5.82 Å². The maximum Gasteiger partial charge on any atom is 0.229 e. The van der Waals surface area contributed by atoms with Crippen molar-refractivity contribution in [2.75, 3.05) is 10.6 Å². The fraction of sp³-hybridized carbons (Fsp3) is 0.0588. The zero-order valence-electron chi connectivity index (χ0n) is 12.3. The minimum atomic E-state index is -0.273. The molecule has 2 N–H and O–H groups in total. The minimum Gasteiger partial charge on any atom is -0.340 e. The van der Waals surface area contributed by atoms with Crippen molar-refractivity contribution < 1.29 is 4.39 Å². The van der Waals surface area contributed by atoms with Crippen LogP contribution in [-0.2, 0) is 0 Å². The number of halogens is 2. The van der Waals surface area contributed by atoms with Crippen LogP contribution >= 0.6 is 15.9 Å². The van der Waals surface area contributed by atoms with Crippen molar-refractivity contribution in [1.82, 2.24) is 9.97 Å². The SMILES string of the molecule is Cc1ccc(Nc2nccc(Nc3ccc(F)cc3)n2)c(Br)c1. The number of nitrogens with one attached hydrogen (secondary N) is 2. The van der Waals surface area contributed by atoms with Crippen LogP contribution in [0.5, 0.6) is 0 Å². The normalized spacial score (nSPS) is 10.4. The van der Waals surface area contributed by atoms with Crippen LogP contribution in [0.4, 0.5) is 27.5 Å². The molecule has 4 nitrogen and oxygen atoms in total. The molecule has 0 aliphatic rings. The van der Waals surface area contributed by atoms with Gasteiger partial charge in [0.1, 0.15) is 11.6 Å². The first kappa shape index (κ1) is 15.4. The van der Waals surface area contributed by atoms with Gasteiger partial charge in [0.2, 0.25) is 5.95 Å². The summed E-state index contributed by atoms with van der Waals surface area (Å²) in [6.45, 7) is 2.03. The summed E-state index contributed by atoms with van der Waals surface area (Å²) in [5, 5.41) is 6.28. The van der Waals surface area contributed by atoms with Crippen LogP contribution in [0, 0.1) is 12.7 Å². The van der Waals surface area contributed by atoms with Crippen LogP contribution in [0.25, 0.3) is 0 Å². The van der Waals surface area contributed by atoms with Crippen LogP contribution < -0.4 is 10.6 Å². The topological polar surface area (TPSA) is 49.8 Å². The lowest BCUT2D eigenvalue weighted by atomic mass is 10.2. The second-order valence-electron chi connectivity index (χ2n) is 5.01. The van der Waals surface area contributed by atoms with Gasteiger partial charge >= 0.3 is 0 Å². The molecule has 0 unspecified atom stereocenters. The fourth-order valence-corrected chi connectivity index (χ4v) is 2.60. The molecule has 0 atom stereocenters. The lowest BCUT2D eigenvalue weighted by Crippen LogP contribution is -2.01. The molecule has 116 valence electrons. The van der Waals surface area contributed by atoms with Gasteiger partial charge in [-0.2, -0.15) is 4.98 Å². The highest BCUT2D eigenvalue weighted by atomic mass is 79.9. The molecule has 0 aliphatic heterocycles. The zero-order chi connectivity index (χ0) is 16.2. The molecule has 3 rings (SSSR count). The number of rotatable bonds is 4. The first-order valence-electron chi connectivity index (χ1n) is 6.99. The van der Waals surface area contributed by atoms with E-state index in [1.807, 2.05) is 25.1 Å². The van der Waals surface area contributed by atoms with Crippen molar-refractivity contribution >= 4 is 39.1 Å². The lowest BCUT2D eigenvalue weighted by Gasteiger charge is -2.10. The second kappa shape index (κ2) is 6.75. The fourth-order valence-electron chi connectivity index (χ4n) is 2.01. The summed E-state index contributed by atoms with van der Waals surface area (Å²) < 4.78 is 13.9. The third kappa shape index (κ3) is 4.04. The summed E-state index contributed by atoms with van der Waals surface area (Å²) >= 11 is 3.51. The zero-order valence-corrected chi connectivity index (χ0v) is 13.9. The van der Waals surface area contributed by atoms with Gasteiger partial charge in [-0.1, -0.05) is 6.07 Å². The Kier molecular flexibility index (Phi) is 4.52. The van der Waals surface area contributed by atoms with Gasteiger partial charge in [0, 0.05) is 16.4 Å². The van der Waals surface area contributed by atoms with E-state index in [1.54, 1.807) is 24.4 Å². The van der Waals surface area contributed by atoms with E-state index in [0.717, 1.165) is 21.4 Å². The van der Waals surface area contributed by atoms with E-state index < -0.39 is 0 Å². The summed E-state index contributed by atoms with van der Waals surface area (Å²) in [7, 11) is 0. The summed E-state index contributed by atoms with van der Waals surface area (Å²) in [5.41, 5.74) is 2.80. The molecule has 0 saturated heterocycles. The second-order valence-corrected chi connectivity index (χ2v) is 5.86. The third-order valence-electron chi connectivity index (χ3n) is 3.14. The Hall–Kier alpha value is -2.47. The molecule has 0 amide bonds. The molecule has 2 aromatic carbocycles. The van der Waals surface area contributed by atoms with E-state index in [4.69, 9.17) is 0 Å². The van der Waals surface area contributed by atoms with Crippen molar-refractivity contribution in [2.24, 2.45) is 0 Å².